The summed E-state index contributed by atoms with van der Waals surface area (Å²) >= 11 is 0. The summed E-state index contributed by atoms with van der Waals surface area (Å²) in [6, 6.07) is 13.0. The first-order chi connectivity index (χ1) is 14.0. The molecule has 2 heterocycles. The average Bonchev–Trinajstić information content (AvgIpc) is 2.74. The number of hydrazine groups is 1. The second-order valence-electron chi connectivity index (χ2n) is 8.14. The smallest absolute Gasteiger partial charge is 0.243 e. The maximum Gasteiger partial charge on any atom is 0.243 e. The van der Waals surface area contributed by atoms with E-state index in [1.54, 1.807) is 16.4 Å². The van der Waals surface area contributed by atoms with Crippen LogP contribution in [0.4, 0.5) is 0 Å². The fraction of sp³-hybridized carbons (Fsp3) is 0.500. The van der Waals surface area contributed by atoms with Crippen LogP contribution in [0, 0.1) is 5.92 Å². The number of carbonyl (C=O) groups excluding carboxylic acids is 1. The van der Waals surface area contributed by atoms with Crippen molar-refractivity contribution in [3.05, 3.63) is 42.5 Å². The normalized spacial score (nSPS) is 21.9. The van der Waals surface area contributed by atoms with Crippen molar-refractivity contribution in [2.75, 3.05) is 26.2 Å². The van der Waals surface area contributed by atoms with E-state index in [0.717, 1.165) is 49.5 Å². The maximum absolute atomic E-state index is 13.4. The lowest BCUT2D eigenvalue weighted by molar-refractivity contribution is -0.127. The summed E-state index contributed by atoms with van der Waals surface area (Å²) in [5, 5.41) is 3.67. The molecule has 1 unspecified atom stereocenters. The van der Waals surface area contributed by atoms with Gasteiger partial charge in [-0.1, -0.05) is 42.8 Å². The van der Waals surface area contributed by atoms with Crippen LogP contribution in [0.3, 0.4) is 0 Å². The molecule has 0 aromatic heterocycles. The van der Waals surface area contributed by atoms with Crippen LogP contribution in [-0.4, -0.2) is 49.8 Å². The third-order valence-electron chi connectivity index (χ3n) is 5.96. The second kappa shape index (κ2) is 8.81. The molecule has 2 aliphatic heterocycles. The molecule has 2 aliphatic rings. The van der Waals surface area contributed by atoms with Crippen molar-refractivity contribution in [1.29, 1.82) is 0 Å². The Morgan fingerprint density at radius 3 is 2.55 bits per heavy atom. The lowest BCUT2D eigenvalue weighted by atomic mass is 9.96. The van der Waals surface area contributed by atoms with E-state index in [4.69, 9.17) is 0 Å². The van der Waals surface area contributed by atoms with Crippen LogP contribution >= 0.6 is 0 Å². The van der Waals surface area contributed by atoms with Gasteiger partial charge in [0.15, 0.2) is 0 Å². The van der Waals surface area contributed by atoms with E-state index in [0.29, 0.717) is 24.4 Å². The third-order valence-corrected chi connectivity index (χ3v) is 7.89. The molecule has 0 radical (unpaired) electrons. The first kappa shape index (κ1) is 20.3. The van der Waals surface area contributed by atoms with Crippen molar-refractivity contribution in [3.63, 3.8) is 0 Å². The quantitative estimate of drug-likeness (QED) is 0.815. The number of sulfonamides is 1. The van der Waals surface area contributed by atoms with Crippen molar-refractivity contribution >= 4 is 26.7 Å². The highest BCUT2D eigenvalue weighted by Gasteiger charge is 2.32. The molecule has 29 heavy (non-hydrogen) atoms. The van der Waals surface area contributed by atoms with Crippen molar-refractivity contribution < 1.29 is 13.2 Å². The number of carbonyl (C=O) groups is 1. The number of nitrogens with one attached hydrogen (secondary N) is 1. The summed E-state index contributed by atoms with van der Waals surface area (Å²) in [4.78, 5) is 12.8. The van der Waals surface area contributed by atoms with E-state index in [-0.39, 0.29) is 11.8 Å². The van der Waals surface area contributed by atoms with Gasteiger partial charge in [-0.15, -0.1) is 0 Å². The molecule has 4 rings (SSSR count). The number of rotatable bonds is 5. The van der Waals surface area contributed by atoms with Gasteiger partial charge in [0.1, 0.15) is 0 Å². The molecule has 1 amide bonds. The predicted octanol–water partition coefficient (Wildman–Crippen LogP) is 3.15. The molecule has 156 valence electrons. The van der Waals surface area contributed by atoms with Gasteiger partial charge in [0.25, 0.3) is 0 Å². The number of hydrogen-bond acceptors (Lipinski definition) is 4. The van der Waals surface area contributed by atoms with Crippen LogP contribution in [0.15, 0.2) is 47.4 Å². The number of hydrogen-bond donors (Lipinski definition) is 1. The first-order valence-corrected chi connectivity index (χ1v) is 12.0. The number of amides is 1. The van der Waals surface area contributed by atoms with Gasteiger partial charge in [-0.25, -0.2) is 13.4 Å². The number of piperidine rings is 2. The van der Waals surface area contributed by atoms with Crippen molar-refractivity contribution in [2.24, 2.45) is 5.92 Å². The van der Waals surface area contributed by atoms with Gasteiger partial charge in [-0.2, -0.15) is 4.31 Å². The van der Waals surface area contributed by atoms with E-state index in [1.165, 1.54) is 6.42 Å². The summed E-state index contributed by atoms with van der Waals surface area (Å²) < 4.78 is 28.3. The van der Waals surface area contributed by atoms with Crippen LogP contribution in [0.5, 0.6) is 0 Å². The Labute approximate surface area is 172 Å². The molecule has 0 bridgehead atoms. The molecule has 6 nitrogen and oxygen atoms in total. The molecule has 0 saturated carbocycles. The fourth-order valence-corrected chi connectivity index (χ4v) is 6.23. The number of nitrogens with zero attached hydrogens (tertiary/aromatic N) is 2. The molecule has 1 atom stereocenters. The van der Waals surface area contributed by atoms with Crippen molar-refractivity contribution in [2.45, 2.75) is 43.4 Å². The summed E-state index contributed by atoms with van der Waals surface area (Å²) in [6.07, 6.45) is 5.48. The molecule has 2 saturated heterocycles. The van der Waals surface area contributed by atoms with E-state index >= 15 is 0 Å². The first-order valence-electron chi connectivity index (χ1n) is 10.6. The van der Waals surface area contributed by atoms with Gasteiger partial charge >= 0.3 is 0 Å². The standard InChI is InChI=1S/C22H29N3O3S/c26-22(23-24-13-4-1-5-14-24)16-18-8-7-15-25(17-18)29(27,28)21-12-6-10-19-9-2-3-11-20(19)21/h2-3,6,9-12,18H,1,4-5,7-8,13-17H2,(H,23,26). The summed E-state index contributed by atoms with van der Waals surface area (Å²) in [7, 11) is -3.59. The highest BCUT2D eigenvalue weighted by molar-refractivity contribution is 7.89. The SMILES string of the molecule is O=C(CC1CCCN(S(=O)(=O)c2cccc3ccccc23)C1)NN1CCCCC1. The maximum atomic E-state index is 13.4. The van der Waals surface area contributed by atoms with Gasteiger partial charge in [-0.3, -0.25) is 10.2 Å². The monoisotopic (exact) mass is 415 g/mol. The highest BCUT2D eigenvalue weighted by Crippen LogP contribution is 2.29. The van der Waals surface area contributed by atoms with E-state index < -0.39 is 10.0 Å². The topological polar surface area (TPSA) is 69.7 Å². The Morgan fingerprint density at radius 1 is 0.966 bits per heavy atom. The Bertz CT molecular complexity index is 965. The molecular weight excluding hydrogens is 386 g/mol. The number of fused-ring (bicyclic) bond motifs is 1. The van der Waals surface area contributed by atoms with E-state index in [9.17, 15) is 13.2 Å². The molecule has 2 aromatic rings. The zero-order valence-electron chi connectivity index (χ0n) is 16.7. The van der Waals surface area contributed by atoms with Crippen LogP contribution in [0.25, 0.3) is 10.8 Å². The summed E-state index contributed by atoms with van der Waals surface area (Å²) in [5.74, 6) is 0.0552. The predicted molar refractivity (Wildman–Crippen MR) is 114 cm³/mol. The minimum Gasteiger partial charge on any atom is -0.289 e. The Morgan fingerprint density at radius 2 is 1.72 bits per heavy atom. The van der Waals surface area contributed by atoms with Gasteiger partial charge in [0.2, 0.25) is 15.9 Å². The molecule has 2 fully saturated rings. The van der Waals surface area contributed by atoms with Crippen LogP contribution in [0.2, 0.25) is 0 Å². The molecule has 2 aromatic carbocycles. The Balaban J connectivity index is 1.45. The Kier molecular flexibility index (Phi) is 6.18. The molecule has 0 aliphatic carbocycles. The molecule has 7 heteroatoms. The van der Waals surface area contributed by atoms with Crippen molar-refractivity contribution in [1.82, 2.24) is 14.7 Å². The fourth-order valence-electron chi connectivity index (χ4n) is 4.46. The zero-order chi connectivity index (χ0) is 20.3. The third kappa shape index (κ3) is 4.63. The minimum absolute atomic E-state index is 0.00121. The van der Waals surface area contributed by atoms with Gasteiger partial charge in [0.05, 0.1) is 4.90 Å². The summed E-state index contributed by atoms with van der Waals surface area (Å²) in [6.45, 7) is 2.71. The second-order valence-corrected chi connectivity index (χ2v) is 10.0. The molecular formula is C22H29N3O3S. The van der Waals surface area contributed by atoms with Crippen LogP contribution in [-0.2, 0) is 14.8 Å². The van der Waals surface area contributed by atoms with Gasteiger partial charge < -0.3 is 0 Å². The lowest BCUT2D eigenvalue weighted by Crippen LogP contribution is -2.47. The summed E-state index contributed by atoms with van der Waals surface area (Å²) in [5.41, 5.74) is 3.00. The van der Waals surface area contributed by atoms with Gasteiger partial charge in [0, 0.05) is 38.0 Å². The van der Waals surface area contributed by atoms with Gasteiger partial charge in [-0.05, 0) is 43.1 Å². The van der Waals surface area contributed by atoms with Crippen LogP contribution < -0.4 is 5.43 Å². The van der Waals surface area contributed by atoms with Crippen molar-refractivity contribution in [3.8, 4) is 0 Å². The Hall–Kier alpha value is -1.96. The average molecular weight is 416 g/mol. The highest BCUT2D eigenvalue weighted by atomic mass is 32.2. The lowest BCUT2D eigenvalue weighted by Gasteiger charge is -2.33. The van der Waals surface area contributed by atoms with E-state index in [1.807, 2.05) is 35.3 Å². The zero-order valence-corrected chi connectivity index (χ0v) is 17.5. The van der Waals surface area contributed by atoms with Crippen LogP contribution in [0.1, 0.15) is 38.5 Å². The minimum atomic E-state index is -3.59. The molecule has 1 N–H and O–H groups in total. The largest absolute Gasteiger partial charge is 0.289 e. The number of benzene rings is 2. The molecule has 0 spiro atoms. The van der Waals surface area contributed by atoms with E-state index in [2.05, 4.69) is 5.43 Å².